The molecule has 5 rings (SSSR count). The molecule has 0 unspecified atom stereocenters. The number of benzene rings is 3. The number of rotatable bonds is 3. The number of carbonyl (C=O) groups excluding carboxylic acids is 1. The molecule has 2 heterocycles. The fourth-order valence-electron chi connectivity index (χ4n) is 5.07. The Kier molecular flexibility index (Phi) is 4.67. The van der Waals surface area contributed by atoms with Gasteiger partial charge in [-0.3, -0.25) is 9.69 Å². The molecule has 3 nitrogen and oxygen atoms in total. The summed E-state index contributed by atoms with van der Waals surface area (Å²) in [6, 6.07) is 18.8. The van der Waals surface area contributed by atoms with E-state index in [2.05, 4.69) is 11.5 Å². The van der Waals surface area contributed by atoms with Gasteiger partial charge in [0.2, 0.25) is 0 Å². The highest BCUT2D eigenvalue weighted by Crippen LogP contribution is 2.47. The van der Waals surface area contributed by atoms with Gasteiger partial charge in [0.15, 0.2) is 0 Å². The van der Waals surface area contributed by atoms with Crippen molar-refractivity contribution in [2.75, 3.05) is 31.1 Å². The minimum absolute atomic E-state index is 0.0148. The normalized spacial score (nSPS) is 18.0. The van der Waals surface area contributed by atoms with Crippen molar-refractivity contribution in [2.24, 2.45) is 0 Å². The fraction of sp³-hybridized carbons (Fsp3) is 0.269. The van der Waals surface area contributed by atoms with E-state index in [0.29, 0.717) is 12.1 Å². The average molecular weight is 400 g/mol. The lowest BCUT2D eigenvalue weighted by Crippen LogP contribution is -2.46. The topological polar surface area (TPSA) is 23.6 Å². The van der Waals surface area contributed by atoms with Crippen LogP contribution in [0.15, 0.2) is 73.3 Å². The van der Waals surface area contributed by atoms with Crippen molar-refractivity contribution in [3.05, 3.63) is 90.3 Å². The summed E-state index contributed by atoms with van der Waals surface area (Å²) in [6.07, 6.45) is 3.76. The summed E-state index contributed by atoms with van der Waals surface area (Å²) in [5.74, 6) is -0.249. The number of hydrogen-bond acceptors (Lipinski definition) is 2. The molecule has 4 heteroatoms. The average Bonchev–Trinajstić information content (AvgIpc) is 3.08. The summed E-state index contributed by atoms with van der Waals surface area (Å²) in [5, 5.41) is 2.17. The maximum atomic E-state index is 14.2. The van der Waals surface area contributed by atoms with E-state index in [1.165, 1.54) is 6.07 Å². The van der Waals surface area contributed by atoms with Gasteiger partial charge in [0, 0.05) is 29.8 Å². The Balaban J connectivity index is 1.50. The van der Waals surface area contributed by atoms with Gasteiger partial charge >= 0.3 is 0 Å². The lowest BCUT2D eigenvalue weighted by molar-refractivity contribution is 0.0978. The van der Waals surface area contributed by atoms with Crippen LogP contribution >= 0.6 is 0 Å². The van der Waals surface area contributed by atoms with Crippen LogP contribution in [0.2, 0.25) is 0 Å². The van der Waals surface area contributed by atoms with Crippen LogP contribution in [0.4, 0.5) is 10.1 Å². The van der Waals surface area contributed by atoms with E-state index >= 15 is 0 Å². The third-order valence-corrected chi connectivity index (χ3v) is 6.72. The number of carbonyl (C=O) groups is 1. The van der Waals surface area contributed by atoms with Gasteiger partial charge in [-0.25, -0.2) is 4.39 Å². The van der Waals surface area contributed by atoms with E-state index in [-0.39, 0.29) is 17.1 Å². The molecular weight excluding hydrogens is 375 g/mol. The lowest BCUT2D eigenvalue weighted by atomic mass is 9.74. The number of likely N-dealkylation sites (tertiary alicyclic amines) is 1. The Labute approximate surface area is 176 Å². The van der Waals surface area contributed by atoms with Crippen molar-refractivity contribution in [3.63, 3.8) is 0 Å². The van der Waals surface area contributed by atoms with Gasteiger partial charge < -0.3 is 4.90 Å². The number of fused-ring (bicyclic) bond motifs is 3. The number of halogens is 1. The summed E-state index contributed by atoms with van der Waals surface area (Å²) >= 11 is 0. The number of amides is 1. The van der Waals surface area contributed by atoms with E-state index in [1.807, 2.05) is 53.4 Å². The minimum Gasteiger partial charge on any atom is -0.307 e. The Morgan fingerprint density at radius 3 is 2.57 bits per heavy atom. The summed E-state index contributed by atoms with van der Waals surface area (Å²) in [7, 11) is 0. The lowest BCUT2D eigenvalue weighted by Gasteiger charge is -2.39. The first kappa shape index (κ1) is 19.0. The molecule has 0 N–H and O–H groups in total. The standard InChI is InChI=1S/C26H25FN2O/c1-2-13-28-14-11-26(12-15-28)18-29(24-10-9-22(27)17-23(24)26)25(30)21-8-7-19-5-3-4-6-20(19)16-21/h2-10,16-17H,1,11-15,18H2. The minimum atomic E-state index is -0.235. The Morgan fingerprint density at radius 2 is 1.80 bits per heavy atom. The molecule has 3 aromatic carbocycles. The van der Waals surface area contributed by atoms with Gasteiger partial charge in [0.05, 0.1) is 0 Å². The van der Waals surface area contributed by atoms with Gasteiger partial charge in [0.25, 0.3) is 5.91 Å². The maximum Gasteiger partial charge on any atom is 0.258 e. The third-order valence-electron chi connectivity index (χ3n) is 6.72. The fourth-order valence-corrected chi connectivity index (χ4v) is 5.07. The van der Waals surface area contributed by atoms with Crippen LogP contribution in [-0.2, 0) is 5.41 Å². The molecule has 0 bridgehead atoms. The van der Waals surface area contributed by atoms with Crippen LogP contribution in [0, 0.1) is 5.82 Å². The van der Waals surface area contributed by atoms with E-state index in [9.17, 15) is 9.18 Å². The van der Waals surface area contributed by atoms with Crippen molar-refractivity contribution < 1.29 is 9.18 Å². The van der Waals surface area contributed by atoms with Gasteiger partial charge in [-0.15, -0.1) is 6.58 Å². The van der Waals surface area contributed by atoms with Crippen molar-refractivity contribution in [1.82, 2.24) is 4.90 Å². The Bertz CT molecular complexity index is 1130. The van der Waals surface area contributed by atoms with E-state index in [4.69, 9.17) is 0 Å². The zero-order valence-corrected chi connectivity index (χ0v) is 17.0. The molecule has 0 aliphatic carbocycles. The molecule has 30 heavy (non-hydrogen) atoms. The zero-order chi connectivity index (χ0) is 20.7. The second kappa shape index (κ2) is 7.37. The summed E-state index contributed by atoms with van der Waals surface area (Å²) in [6.45, 7) is 7.18. The molecule has 1 fully saturated rings. The summed E-state index contributed by atoms with van der Waals surface area (Å²) < 4.78 is 14.2. The highest BCUT2D eigenvalue weighted by atomic mass is 19.1. The van der Waals surface area contributed by atoms with E-state index < -0.39 is 0 Å². The van der Waals surface area contributed by atoms with Crippen molar-refractivity contribution >= 4 is 22.4 Å². The summed E-state index contributed by atoms with van der Waals surface area (Å²) in [4.78, 5) is 17.8. The first-order valence-electron chi connectivity index (χ1n) is 10.5. The SMILES string of the molecule is C=CCN1CCC2(CC1)CN(C(=O)c1ccc3ccccc3c1)c1ccc(F)cc12. The van der Waals surface area contributed by atoms with E-state index in [0.717, 1.165) is 54.5 Å². The van der Waals surface area contributed by atoms with Crippen molar-refractivity contribution in [3.8, 4) is 0 Å². The van der Waals surface area contributed by atoms with Gasteiger partial charge in [-0.05, 0) is 72.6 Å². The van der Waals surface area contributed by atoms with Gasteiger partial charge in [-0.1, -0.05) is 36.4 Å². The first-order valence-corrected chi connectivity index (χ1v) is 10.5. The molecule has 1 saturated heterocycles. The van der Waals surface area contributed by atoms with Crippen molar-refractivity contribution in [1.29, 1.82) is 0 Å². The molecular formula is C26H25FN2O. The smallest absolute Gasteiger partial charge is 0.258 e. The van der Waals surface area contributed by atoms with Crippen LogP contribution in [0.3, 0.4) is 0 Å². The quantitative estimate of drug-likeness (QED) is 0.567. The molecule has 0 radical (unpaired) electrons. The Morgan fingerprint density at radius 1 is 1.03 bits per heavy atom. The molecule has 0 atom stereocenters. The van der Waals surface area contributed by atoms with Crippen LogP contribution in [0.25, 0.3) is 10.8 Å². The number of anilines is 1. The van der Waals surface area contributed by atoms with Crippen LogP contribution < -0.4 is 4.90 Å². The molecule has 1 spiro atoms. The predicted molar refractivity (Wildman–Crippen MR) is 120 cm³/mol. The second-order valence-corrected chi connectivity index (χ2v) is 8.48. The third kappa shape index (κ3) is 3.12. The van der Waals surface area contributed by atoms with Crippen LogP contribution in [0.1, 0.15) is 28.8 Å². The van der Waals surface area contributed by atoms with Gasteiger partial charge in [0.1, 0.15) is 5.82 Å². The number of piperidine rings is 1. The second-order valence-electron chi connectivity index (χ2n) is 8.48. The van der Waals surface area contributed by atoms with Crippen LogP contribution in [-0.4, -0.2) is 37.0 Å². The molecule has 0 saturated carbocycles. The highest BCUT2D eigenvalue weighted by Gasteiger charge is 2.46. The zero-order valence-electron chi connectivity index (χ0n) is 17.0. The molecule has 3 aromatic rings. The van der Waals surface area contributed by atoms with Crippen molar-refractivity contribution in [2.45, 2.75) is 18.3 Å². The predicted octanol–water partition coefficient (Wildman–Crippen LogP) is 5.16. The van der Waals surface area contributed by atoms with Gasteiger partial charge in [-0.2, -0.15) is 0 Å². The largest absolute Gasteiger partial charge is 0.307 e. The monoisotopic (exact) mass is 400 g/mol. The van der Waals surface area contributed by atoms with E-state index in [1.54, 1.807) is 12.1 Å². The molecule has 152 valence electrons. The maximum absolute atomic E-state index is 14.2. The first-order chi connectivity index (χ1) is 14.6. The highest BCUT2D eigenvalue weighted by molar-refractivity contribution is 6.09. The Hall–Kier alpha value is -2.98. The van der Waals surface area contributed by atoms with Crippen LogP contribution in [0.5, 0.6) is 0 Å². The number of hydrogen-bond donors (Lipinski definition) is 0. The summed E-state index contributed by atoms with van der Waals surface area (Å²) in [5.41, 5.74) is 2.33. The molecule has 1 amide bonds. The molecule has 2 aliphatic rings. The molecule has 0 aromatic heterocycles. The molecule has 2 aliphatic heterocycles. The number of nitrogens with zero attached hydrogens (tertiary/aromatic N) is 2.